The van der Waals surface area contributed by atoms with E-state index >= 15 is 0 Å². The second kappa shape index (κ2) is 5.91. The van der Waals surface area contributed by atoms with E-state index in [1.165, 1.54) is 6.07 Å². The van der Waals surface area contributed by atoms with Gasteiger partial charge in [0.25, 0.3) is 5.91 Å². The van der Waals surface area contributed by atoms with Crippen LogP contribution in [0.2, 0.25) is 0 Å². The molecular weight excluding hydrogens is 269 g/mol. The van der Waals surface area contributed by atoms with E-state index in [0.717, 1.165) is 12.8 Å². The SMILES string of the molecule is O=C(NCc1ccccc1F)c1cccnc1NC1CC1. The molecule has 5 heteroatoms. The Bertz CT molecular complexity index is 655. The van der Waals surface area contributed by atoms with Crippen molar-refractivity contribution in [2.24, 2.45) is 0 Å². The number of halogens is 1. The van der Waals surface area contributed by atoms with Crippen molar-refractivity contribution < 1.29 is 9.18 Å². The average Bonchev–Trinajstić information content (AvgIpc) is 3.31. The molecule has 4 nitrogen and oxygen atoms in total. The lowest BCUT2D eigenvalue weighted by molar-refractivity contribution is 0.0951. The highest BCUT2D eigenvalue weighted by atomic mass is 19.1. The van der Waals surface area contributed by atoms with E-state index in [-0.39, 0.29) is 18.3 Å². The van der Waals surface area contributed by atoms with Gasteiger partial charge in [0.2, 0.25) is 0 Å². The lowest BCUT2D eigenvalue weighted by Crippen LogP contribution is -2.25. The molecule has 1 saturated carbocycles. The van der Waals surface area contributed by atoms with Gasteiger partial charge in [-0.25, -0.2) is 9.37 Å². The lowest BCUT2D eigenvalue weighted by atomic mass is 10.2. The first kappa shape index (κ1) is 13.5. The number of rotatable bonds is 5. The molecule has 2 aromatic rings. The van der Waals surface area contributed by atoms with Gasteiger partial charge in [-0.05, 0) is 31.0 Å². The zero-order chi connectivity index (χ0) is 14.7. The molecular formula is C16H16FN3O. The fourth-order valence-electron chi connectivity index (χ4n) is 2.04. The van der Waals surface area contributed by atoms with Gasteiger partial charge < -0.3 is 10.6 Å². The highest BCUT2D eigenvalue weighted by Gasteiger charge is 2.23. The number of nitrogens with zero attached hydrogens (tertiary/aromatic N) is 1. The van der Waals surface area contributed by atoms with Crippen molar-refractivity contribution in [2.75, 3.05) is 5.32 Å². The van der Waals surface area contributed by atoms with Crippen molar-refractivity contribution in [3.63, 3.8) is 0 Å². The average molecular weight is 285 g/mol. The van der Waals surface area contributed by atoms with Gasteiger partial charge >= 0.3 is 0 Å². The van der Waals surface area contributed by atoms with E-state index in [9.17, 15) is 9.18 Å². The summed E-state index contributed by atoms with van der Waals surface area (Å²) in [5, 5.41) is 5.96. The number of hydrogen-bond donors (Lipinski definition) is 2. The number of carbonyl (C=O) groups excluding carboxylic acids is 1. The van der Waals surface area contributed by atoms with E-state index in [0.29, 0.717) is 23.0 Å². The first-order chi connectivity index (χ1) is 10.2. The molecule has 0 aliphatic heterocycles. The molecule has 0 saturated heterocycles. The Hall–Kier alpha value is -2.43. The van der Waals surface area contributed by atoms with E-state index in [1.807, 2.05) is 0 Å². The van der Waals surface area contributed by atoms with Crippen LogP contribution in [0.15, 0.2) is 42.6 Å². The van der Waals surface area contributed by atoms with Crippen LogP contribution in [0, 0.1) is 5.82 Å². The predicted octanol–water partition coefficient (Wildman–Crippen LogP) is 2.73. The molecule has 0 unspecified atom stereocenters. The molecule has 0 radical (unpaired) electrons. The Morgan fingerprint density at radius 1 is 1.24 bits per heavy atom. The van der Waals surface area contributed by atoms with Crippen LogP contribution in [0.3, 0.4) is 0 Å². The molecule has 1 amide bonds. The summed E-state index contributed by atoms with van der Waals surface area (Å²) >= 11 is 0. The maximum absolute atomic E-state index is 13.5. The van der Waals surface area contributed by atoms with Crippen LogP contribution in [-0.2, 0) is 6.54 Å². The number of pyridine rings is 1. The molecule has 1 aromatic heterocycles. The van der Waals surface area contributed by atoms with Crippen molar-refractivity contribution in [1.82, 2.24) is 10.3 Å². The Morgan fingerprint density at radius 3 is 2.81 bits per heavy atom. The predicted molar refractivity (Wildman–Crippen MR) is 78.5 cm³/mol. The third-order valence-electron chi connectivity index (χ3n) is 3.37. The van der Waals surface area contributed by atoms with E-state index < -0.39 is 0 Å². The summed E-state index contributed by atoms with van der Waals surface area (Å²) in [5.74, 6) is 0.0147. The largest absolute Gasteiger partial charge is 0.367 e. The zero-order valence-corrected chi connectivity index (χ0v) is 11.5. The van der Waals surface area contributed by atoms with E-state index in [2.05, 4.69) is 15.6 Å². The molecule has 1 aromatic carbocycles. The minimum atomic E-state index is -0.319. The highest BCUT2D eigenvalue weighted by molar-refractivity contribution is 5.98. The van der Waals surface area contributed by atoms with Crippen molar-refractivity contribution >= 4 is 11.7 Å². The molecule has 1 heterocycles. The molecule has 21 heavy (non-hydrogen) atoms. The summed E-state index contributed by atoms with van der Waals surface area (Å²) in [4.78, 5) is 16.4. The maximum Gasteiger partial charge on any atom is 0.255 e. The van der Waals surface area contributed by atoms with E-state index in [1.54, 1.807) is 36.5 Å². The van der Waals surface area contributed by atoms with Gasteiger partial charge in [0.15, 0.2) is 0 Å². The fourth-order valence-corrected chi connectivity index (χ4v) is 2.04. The molecule has 3 rings (SSSR count). The number of benzene rings is 1. The summed E-state index contributed by atoms with van der Waals surface area (Å²) in [6, 6.07) is 10.3. The van der Waals surface area contributed by atoms with Crippen LogP contribution in [0.1, 0.15) is 28.8 Å². The summed E-state index contributed by atoms with van der Waals surface area (Å²) in [5.41, 5.74) is 0.951. The van der Waals surface area contributed by atoms with Crippen LogP contribution in [0.5, 0.6) is 0 Å². The number of hydrogen-bond acceptors (Lipinski definition) is 3. The maximum atomic E-state index is 13.5. The second-order valence-corrected chi connectivity index (χ2v) is 5.09. The number of nitrogens with one attached hydrogen (secondary N) is 2. The van der Waals surface area contributed by atoms with Crippen LogP contribution < -0.4 is 10.6 Å². The molecule has 0 atom stereocenters. The number of anilines is 1. The normalized spacial score (nSPS) is 13.8. The molecule has 1 aliphatic rings. The van der Waals surface area contributed by atoms with Crippen molar-refractivity contribution in [3.05, 3.63) is 59.5 Å². The Labute approximate surface area is 122 Å². The molecule has 0 bridgehead atoms. The number of amides is 1. The summed E-state index contributed by atoms with van der Waals surface area (Å²) < 4.78 is 13.5. The van der Waals surface area contributed by atoms with Gasteiger partial charge in [0.1, 0.15) is 11.6 Å². The van der Waals surface area contributed by atoms with E-state index in [4.69, 9.17) is 0 Å². The third-order valence-corrected chi connectivity index (χ3v) is 3.37. The summed E-state index contributed by atoms with van der Waals surface area (Å²) in [6.07, 6.45) is 3.86. The molecule has 1 fully saturated rings. The number of aromatic nitrogens is 1. The van der Waals surface area contributed by atoms with Crippen LogP contribution >= 0.6 is 0 Å². The van der Waals surface area contributed by atoms with Gasteiger partial charge in [0.05, 0.1) is 5.56 Å². The standard InChI is InChI=1S/C16H16FN3O/c17-14-6-2-1-4-11(14)10-19-16(21)13-5-3-9-18-15(13)20-12-7-8-12/h1-6,9,12H,7-8,10H2,(H,18,20)(H,19,21). The summed E-state index contributed by atoms with van der Waals surface area (Å²) in [7, 11) is 0. The topological polar surface area (TPSA) is 54.0 Å². The van der Waals surface area contributed by atoms with Crippen molar-refractivity contribution in [1.29, 1.82) is 0 Å². The third kappa shape index (κ3) is 3.37. The molecule has 1 aliphatic carbocycles. The van der Waals surface area contributed by atoms with Gasteiger partial charge in [0, 0.05) is 24.3 Å². The van der Waals surface area contributed by atoms with Crippen LogP contribution in [0.25, 0.3) is 0 Å². The smallest absolute Gasteiger partial charge is 0.255 e. The lowest BCUT2D eigenvalue weighted by Gasteiger charge is -2.10. The minimum absolute atomic E-state index is 0.156. The number of carbonyl (C=O) groups is 1. The van der Waals surface area contributed by atoms with Crippen LogP contribution in [0.4, 0.5) is 10.2 Å². The zero-order valence-electron chi connectivity index (χ0n) is 11.5. The minimum Gasteiger partial charge on any atom is -0.367 e. The molecule has 2 N–H and O–H groups in total. The molecule has 108 valence electrons. The van der Waals surface area contributed by atoms with Gasteiger partial charge in [-0.15, -0.1) is 0 Å². The van der Waals surface area contributed by atoms with Crippen LogP contribution in [-0.4, -0.2) is 16.9 Å². The van der Waals surface area contributed by atoms with Gasteiger partial charge in [-0.3, -0.25) is 4.79 Å². The van der Waals surface area contributed by atoms with Gasteiger partial charge in [-0.1, -0.05) is 18.2 Å². The second-order valence-electron chi connectivity index (χ2n) is 5.09. The highest BCUT2D eigenvalue weighted by Crippen LogP contribution is 2.25. The Balaban J connectivity index is 1.69. The Morgan fingerprint density at radius 2 is 2.05 bits per heavy atom. The Kier molecular flexibility index (Phi) is 3.81. The first-order valence-electron chi connectivity index (χ1n) is 6.97. The molecule has 0 spiro atoms. The fraction of sp³-hybridized carbons (Fsp3) is 0.250. The van der Waals surface area contributed by atoms with Crippen molar-refractivity contribution in [3.8, 4) is 0 Å². The van der Waals surface area contributed by atoms with Gasteiger partial charge in [-0.2, -0.15) is 0 Å². The van der Waals surface area contributed by atoms with Crippen molar-refractivity contribution in [2.45, 2.75) is 25.4 Å². The first-order valence-corrected chi connectivity index (χ1v) is 6.97. The monoisotopic (exact) mass is 285 g/mol. The summed E-state index contributed by atoms with van der Waals surface area (Å²) in [6.45, 7) is 0.156. The quantitative estimate of drug-likeness (QED) is 0.888.